The lowest BCUT2D eigenvalue weighted by atomic mass is 10.2. The second kappa shape index (κ2) is 10.7. The molecule has 0 saturated carbocycles. The molecule has 1 N–H and O–H groups in total. The van der Waals surface area contributed by atoms with Crippen LogP contribution in [-0.4, -0.2) is 35.0 Å². The number of hydrogen-bond donors (Lipinski definition) is 1. The van der Waals surface area contributed by atoms with Crippen LogP contribution in [0.5, 0.6) is 11.5 Å². The molecule has 0 radical (unpaired) electrons. The van der Waals surface area contributed by atoms with E-state index < -0.39 is 0 Å². The van der Waals surface area contributed by atoms with Gasteiger partial charge in [-0.1, -0.05) is 12.5 Å². The van der Waals surface area contributed by atoms with Crippen molar-refractivity contribution in [3.05, 3.63) is 35.4 Å². The smallest absolute Gasteiger partial charge is 0.161 e. The molecule has 0 bridgehead atoms. The van der Waals surface area contributed by atoms with Gasteiger partial charge < -0.3 is 19.4 Å². The van der Waals surface area contributed by atoms with Gasteiger partial charge in [-0.25, -0.2) is 0 Å². The number of methoxy groups -OCH3 is 1. The second-order valence-corrected chi connectivity index (χ2v) is 7.02. The predicted molar refractivity (Wildman–Crippen MR) is 106 cm³/mol. The number of nitrogens with zero attached hydrogens (tertiary/aromatic N) is 4. The number of nitriles is 1. The van der Waals surface area contributed by atoms with Gasteiger partial charge in [0.25, 0.3) is 0 Å². The van der Waals surface area contributed by atoms with Crippen molar-refractivity contribution in [3.63, 3.8) is 0 Å². The van der Waals surface area contributed by atoms with Gasteiger partial charge in [0, 0.05) is 38.9 Å². The Morgan fingerprint density at radius 3 is 3.00 bits per heavy atom. The Hall–Kier alpha value is -2.59. The van der Waals surface area contributed by atoms with Gasteiger partial charge in [0.2, 0.25) is 0 Å². The number of hydrogen-bond acceptors (Lipinski definition) is 6. The third kappa shape index (κ3) is 5.46. The zero-order chi connectivity index (χ0) is 19.6. The van der Waals surface area contributed by atoms with Crippen molar-refractivity contribution in [3.8, 4) is 17.6 Å². The first kappa shape index (κ1) is 20.2. The number of fused-ring (bicyclic) bond motifs is 1. The van der Waals surface area contributed by atoms with Crippen molar-refractivity contribution in [2.24, 2.45) is 0 Å². The van der Waals surface area contributed by atoms with Gasteiger partial charge in [0.1, 0.15) is 11.6 Å². The SMILES string of the molecule is COc1ccc(CNCCc2nnc3n2CCCCC3)cc1OCCCC#N. The normalized spacial score (nSPS) is 13.4. The Balaban J connectivity index is 1.49. The number of rotatable bonds is 10. The number of ether oxygens (including phenoxy) is 2. The van der Waals surface area contributed by atoms with Crippen molar-refractivity contribution in [1.29, 1.82) is 5.26 Å². The van der Waals surface area contributed by atoms with E-state index in [9.17, 15) is 0 Å². The maximum atomic E-state index is 8.63. The maximum Gasteiger partial charge on any atom is 0.161 e. The van der Waals surface area contributed by atoms with Gasteiger partial charge in [-0.2, -0.15) is 5.26 Å². The Bertz CT molecular complexity index is 797. The predicted octanol–water partition coefficient (Wildman–Crippen LogP) is 3.03. The quantitative estimate of drug-likeness (QED) is 0.635. The molecular formula is C21H29N5O2. The van der Waals surface area contributed by atoms with E-state index in [-0.39, 0.29) is 0 Å². The molecule has 0 fully saturated rings. The minimum atomic E-state index is 0.496. The molecule has 7 heteroatoms. The third-order valence-corrected chi connectivity index (χ3v) is 4.96. The zero-order valence-corrected chi connectivity index (χ0v) is 16.6. The number of aromatic nitrogens is 3. The second-order valence-electron chi connectivity index (χ2n) is 7.02. The molecule has 0 atom stereocenters. The number of aryl methyl sites for hydroxylation is 1. The van der Waals surface area contributed by atoms with Gasteiger partial charge in [-0.05, 0) is 37.0 Å². The molecule has 0 amide bonds. The Morgan fingerprint density at radius 1 is 1.21 bits per heavy atom. The Kier molecular flexibility index (Phi) is 7.68. The van der Waals surface area contributed by atoms with Gasteiger partial charge >= 0.3 is 0 Å². The Morgan fingerprint density at radius 2 is 2.14 bits per heavy atom. The third-order valence-electron chi connectivity index (χ3n) is 4.96. The summed E-state index contributed by atoms with van der Waals surface area (Å²) in [5.41, 5.74) is 1.14. The Labute approximate surface area is 166 Å². The molecule has 1 aromatic carbocycles. The first-order chi connectivity index (χ1) is 13.8. The van der Waals surface area contributed by atoms with Crippen LogP contribution in [-0.2, 0) is 25.9 Å². The first-order valence-corrected chi connectivity index (χ1v) is 10.1. The van der Waals surface area contributed by atoms with E-state index in [1.807, 2.05) is 18.2 Å². The number of unbranched alkanes of at least 4 members (excludes halogenated alkanes) is 1. The van der Waals surface area contributed by atoms with E-state index in [2.05, 4.69) is 26.2 Å². The van der Waals surface area contributed by atoms with Crippen LogP contribution < -0.4 is 14.8 Å². The molecule has 7 nitrogen and oxygen atoms in total. The van der Waals surface area contributed by atoms with Gasteiger partial charge in [-0.15, -0.1) is 10.2 Å². The summed E-state index contributed by atoms with van der Waals surface area (Å²) < 4.78 is 13.5. The van der Waals surface area contributed by atoms with E-state index in [4.69, 9.17) is 14.7 Å². The highest BCUT2D eigenvalue weighted by Gasteiger charge is 2.14. The van der Waals surface area contributed by atoms with Crippen molar-refractivity contribution in [2.75, 3.05) is 20.3 Å². The molecule has 1 aliphatic heterocycles. The van der Waals surface area contributed by atoms with Crippen LogP contribution in [0.15, 0.2) is 18.2 Å². The number of nitrogens with one attached hydrogen (secondary N) is 1. The zero-order valence-electron chi connectivity index (χ0n) is 16.6. The average molecular weight is 383 g/mol. The molecule has 0 unspecified atom stereocenters. The van der Waals surface area contributed by atoms with Crippen LogP contribution in [0.4, 0.5) is 0 Å². The molecule has 1 aromatic heterocycles. The molecule has 150 valence electrons. The van der Waals surface area contributed by atoms with Crippen LogP contribution in [0, 0.1) is 11.3 Å². The maximum absolute atomic E-state index is 8.63. The minimum absolute atomic E-state index is 0.496. The molecular weight excluding hydrogens is 354 g/mol. The summed E-state index contributed by atoms with van der Waals surface area (Å²) in [5, 5.41) is 20.9. The van der Waals surface area contributed by atoms with Gasteiger partial charge in [0.15, 0.2) is 11.5 Å². The van der Waals surface area contributed by atoms with Crippen LogP contribution in [0.2, 0.25) is 0 Å². The molecule has 0 saturated heterocycles. The van der Waals surface area contributed by atoms with E-state index in [0.717, 1.165) is 55.4 Å². The summed E-state index contributed by atoms with van der Waals surface area (Å²) in [4.78, 5) is 0. The van der Waals surface area contributed by atoms with E-state index >= 15 is 0 Å². The highest BCUT2D eigenvalue weighted by atomic mass is 16.5. The molecule has 2 aromatic rings. The summed E-state index contributed by atoms with van der Waals surface area (Å²) in [6.45, 7) is 3.16. The summed E-state index contributed by atoms with van der Waals surface area (Å²) in [6, 6.07) is 8.10. The fourth-order valence-electron chi connectivity index (χ4n) is 3.44. The first-order valence-electron chi connectivity index (χ1n) is 10.1. The topological polar surface area (TPSA) is 85.0 Å². The van der Waals surface area contributed by atoms with Crippen molar-refractivity contribution < 1.29 is 9.47 Å². The van der Waals surface area contributed by atoms with E-state index in [1.54, 1.807) is 7.11 Å². The van der Waals surface area contributed by atoms with Crippen molar-refractivity contribution in [2.45, 2.75) is 58.0 Å². The summed E-state index contributed by atoms with van der Waals surface area (Å²) in [5.74, 6) is 3.66. The van der Waals surface area contributed by atoms with E-state index in [1.165, 1.54) is 19.3 Å². The fourth-order valence-corrected chi connectivity index (χ4v) is 3.44. The largest absolute Gasteiger partial charge is 0.493 e. The van der Waals surface area contributed by atoms with Crippen LogP contribution in [0.1, 0.15) is 49.3 Å². The van der Waals surface area contributed by atoms with Crippen LogP contribution >= 0.6 is 0 Å². The lowest BCUT2D eigenvalue weighted by Crippen LogP contribution is -2.19. The van der Waals surface area contributed by atoms with Crippen LogP contribution in [0.3, 0.4) is 0 Å². The lowest BCUT2D eigenvalue weighted by molar-refractivity contribution is 0.290. The molecule has 3 rings (SSSR count). The molecule has 0 spiro atoms. The minimum Gasteiger partial charge on any atom is -0.493 e. The lowest BCUT2D eigenvalue weighted by Gasteiger charge is -2.12. The summed E-state index contributed by atoms with van der Waals surface area (Å²) in [7, 11) is 1.64. The summed E-state index contributed by atoms with van der Waals surface area (Å²) in [6.07, 6.45) is 6.84. The highest BCUT2D eigenvalue weighted by molar-refractivity contribution is 5.42. The molecule has 28 heavy (non-hydrogen) atoms. The van der Waals surface area contributed by atoms with Crippen molar-refractivity contribution in [1.82, 2.24) is 20.1 Å². The van der Waals surface area contributed by atoms with Crippen LogP contribution in [0.25, 0.3) is 0 Å². The number of benzene rings is 1. The average Bonchev–Trinajstić information content (AvgIpc) is 2.94. The highest BCUT2D eigenvalue weighted by Crippen LogP contribution is 2.28. The monoisotopic (exact) mass is 383 g/mol. The standard InChI is InChI=1S/C21H29N5O2/c1-27-18-9-8-17(15-19(18)28-14-6-4-11-22)16-23-12-10-21-25-24-20-7-3-2-5-13-26(20)21/h8-9,15,23H,2-7,10,12-14,16H2,1H3. The van der Waals surface area contributed by atoms with Gasteiger partial charge in [0.05, 0.1) is 19.8 Å². The molecule has 1 aliphatic rings. The fraction of sp³-hybridized carbons (Fsp3) is 0.571. The van der Waals surface area contributed by atoms with E-state index in [0.29, 0.717) is 25.2 Å². The summed E-state index contributed by atoms with van der Waals surface area (Å²) >= 11 is 0. The molecule has 2 heterocycles. The molecule has 0 aliphatic carbocycles. The van der Waals surface area contributed by atoms with Gasteiger partial charge in [-0.3, -0.25) is 0 Å². The van der Waals surface area contributed by atoms with Crippen molar-refractivity contribution >= 4 is 0 Å².